The molecule has 3 aromatic rings. The van der Waals surface area contributed by atoms with Crippen LogP contribution in [0.25, 0.3) is 22.4 Å². The highest BCUT2D eigenvalue weighted by atomic mass is 35.5. The van der Waals surface area contributed by atoms with E-state index in [4.69, 9.17) is 45.3 Å². The summed E-state index contributed by atoms with van der Waals surface area (Å²) in [6, 6.07) is 14.5. The second-order valence-corrected chi connectivity index (χ2v) is 7.49. The smallest absolute Gasteiger partial charge is 0.354 e. The minimum Gasteiger partial charge on any atom is -0.464 e. The number of aromatic nitrogens is 1. The third-order valence-corrected chi connectivity index (χ3v) is 5.22. The molecular formula is C21H19Cl3N2O2. The minimum absolute atomic E-state index is 0.427. The molecule has 0 amide bonds. The lowest BCUT2D eigenvalue weighted by atomic mass is 10.0. The number of hydrogen-bond acceptors (Lipinski definition) is 3. The summed E-state index contributed by atoms with van der Waals surface area (Å²) < 4.78 is 6.92. The highest BCUT2D eigenvalue weighted by molar-refractivity contribution is 6.36. The normalized spacial score (nSPS) is 10.9. The van der Waals surface area contributed by atoms with E-state index in [9.17, 15) is 4.79 Å². The molecule has 0 saturated carbocycles. The van der Waals surface area contributed by atoms with Gasteiger partial charge in [0.1, 0.15) is 5.69 Å². The van der Waals surface area contributed by atoms with Crippen LogP contribution in [0.5, 0.6) is 0 Å². The summed E-state index contributed by atoms with van der Waals surface area (Å²) in [6.45, 7) is 1.06. The molecule has 4 nitrogen and oxygen atoms in total. The number of hydrogen-bond donors (Lipinski definition) is 1. The molecule has 0 unspecified atom stereocenters. The molecule has 0 bridgehead atoms. The Hall–Kier alpha value is -1.98. The first-order chi connectivity index (χ1) is 13.5. The van der Waals surface area contributed by atoms with E-state index >= 15 is 0 Å². The van der Waals surface area contributed by atoms with E-state index in [0.29, 0.717) is 40.3 Å². The Balaban J connectivity index is 2.31. The summed E-state index contributed by atoms with van der Waals surface area (Å²) in [4.78, 5) is 12.5. The molecule has 0 fully saturated rings. The summed E-state index contributed by atoms with van der Waals surface area (Å²) in [5.41, 5.74) is 9.47. The van der Waals surface area contributed by atoms with Crippen LogP contribution in [0.3, 0.4) is 0 Å². The van der Waals surface area contributed by atoms with Crippen LogP contribution >= 0.6 is 34.8 Å². The zero-order chi connectivity index (χ0) is 20.3. The summed E-state index contributed by atoms with van der Waals surface area (Å²) >= 11 is 18.6. The van der Waals surface area contributed by atoms with E-state index in [1.807, 2.05) is 34.9 Å². The fourth-order valence-corrected chi connectivity index (χ4v) is 3.77. The fraction of sp³-hybridized carbons (Fsp3) is 0.190. The topological polar surface area (TPSA) is 57.2 Å². The van der Waals surface area contributed by atoms with E-state index < -0.39 is 5.97 Å². The minimum atomic E-state index is -0.427. The van der Waals surface area contributed by atoms with Crippen molar-refractivity contribution in [2.24, 2.45) is 5.73 Å². The van der Waals surface area contributed by atoms with Crippen LogP contribution in [0.1, 0.15) is 16.9 Å². The van der Waals surface area contributed by atoms with Gasteiger partial charge in [0.15, 0.2) is 0 Å². The van der Waals surface area contributed by atoms with Gasteiger partial charge in [0.25, 0.3) is 0 Å². The van der Waals surface area contributed by atoms with Crippen LogP contribution < -0.4 is 5.73 Å². The summed E-state index contributed by atoms with van der Waals surface area (Å²) in [7, 11) is 1.36. The van der Waals surface area contributed by atoms with Gasteiger partial charge in [0.05, 0.1) is 12.8 Å². The number of benzene rings is 2. The van der Waals surface area contributed by atoms with Crippen molar-refractivity contribution in [3.05, 3.63) is 69.3 Å². The number of halogens is 3. The van der Waals surface area contributed by atoms with Crippen molar-refractivity contribution in [3.8, 4) is 22.4 Å². The average Bonchev–Trinajstić information content (AvgIpc) is 3.05. The lowest BCUT2D eigenvalue weighted by Crippen LogP contribution is -2.14. The Bertz CT molecular complexity index is 998. The van der Waals surface area contributed by atoms with E-state index in [0.717, 1.165) is 22.4 Å². The third-order valence-electron chi connectivity index (χ3n) is 4.42. The van der Waals surface area contributed by atoms with Gasteiger partial charge in [-0.2, -0.15) is 0 Å². The fourth-order valence-electron chi connectivity index (χ4n) is 3.14. The molecule has 0 spiro atoms. The number of carbonyl (C=O) groups excluding carboxylic acids is 1. The summed E-state index contributed by atoms with van der Waals surface area (Å²) in [5, 5.41) is 1.66. The van der Waals surface area contributed by atoms with Crippen molar-refractivity contribution in [1.82, 2.24) is 4.57 Å². The largest absolute Gasteiger partial charge is 0.464 e. The van der Waals surface area contributed by atoms with Crippen LogP contribution in [0.15, 0.2) is 48.5 Å². The predicted octanol–water partition coefficient (Wildman–Crippen LogP) is 5.92. The lowest BCUT2D eigenvalue weighted by Gasteiger charge is -2.14. The number of nitrogens with zero attached hydrogens (tertiary/aromatic N) is 1. The molecule has 28 heavy (non-hydrogen) atoms. The van der Waals surface area contributed by atoms with Gasteiger partial charge in [-0.25, -0.2) is 4.79 Å². The molecule has 0 aliphatic rings. The quantitative estimate of drug-likeness (QED) is 0.487. The van der Waals surface area contributed by atoms with Gasteiger partial charge in [-0.15, -0.1) is 0 Å². The maximum atomic E-state index is 12.5. The maximum absolute atomic E-state index is 12.5. The van der Waals surface area contributed by atoms with Gasteiger partial charge in [0, 0.05) is 32.7 Å². The van der Waals surface area contributed by atoms with Crippen LogP contribution in [-0.2, 0) is 11.3 Å². The Kier molecular flexibility index (Phi) is 6.68. The number of carbonyl (C=O) groups is 1. The molecule has 0 saturated heterocycles. The zero-order valence-electron chi connectivity index (χ0n) is 15.2. The van der Waals surface area contributed by atoms with E-state index in [2.05, 4.69) is 0 Å². The van der Waals surface area contributed by atoms with Crippen LogP contribution in [0, 0.1) is 0 Å². The van der Waals surface area contributed by atoms with Gasteiger partial charge < -0.3 is 15.0 Å². The summed E-state index contributed by atoms with van der Waals surface area (Å²) in [5.74, 6) is -0.427. The molecular weight excluding hydrogens is 419 g/mol. The number of nitrogens with two attached hydrogens (primary N) is 1. The highest BCUT2D eigenvalue weighted by Gasteiger charge is 2.23. The number of ether oxygens (including phenoxy) is 1. The van der Waals surface area contributed by atoms with E-state index in [1.54, 1.807) is 18.2 Å². The molecule has 7 heteroatoms. The van der Waals surface area contributed by atoms with Gasteiger partial charge in [0.2, 0.25) is 0 Å². The third kappa shape index (κ3) is 4.20. The second kappa shape index (κ2) is 9.01. The Morgan fingerprint density at radius 1 is 1.00 bits per heavy atom. The van der Waals surface area contributed by atoms with E-state index in [-0.39, 0.29) is 0 Å². The molecule has 1 aromatic heterocycles. The molecule has 1 heterocycles. The zero-order valence-corrected chi connectivity index (χ0v) is 17.5. The number of esters is 1. The molecule has 0 aliphatic heterocycles. The van der Waals surface area contributed by atoms with Crippen molar-refractivity contribution in [3.63, 3.8) is 0 Å². The Labute approximate surface area is 178 Å². The molecule has 0 radical (unpaired) electrons. The van der Waals surface area contributed by atoms with Crippen LogP contribution in [0.2, 0.25) is 15.1 Å². The Morgan fingerprint density at radius 2 is 1.68 bits per heavy atom. The average molecular weight is 438 g/mol. The van der Waals surface area contributed by atoms with Crippen molar-refractivity contribution in [1.29, 1.82) is 0 Å². The van der Waals surface area contributed by atoms with Crippen molar-refractivity contribution in [2.75, 3.05) is 13.7 Å². The lowest BCUT2D eigenvalue weighted by molar-refractivity contribution is 0.0588. The molecule has 2 aromatic carbocycles. The standard InChI is InChI=1S/C21H19Cl3N2O2/c1-28-21(27)19-12-17(16-8-7-15(23)11-18(16)24)20(26(19)10-2-9-25)13-3-5-14(22)6-4-13/h3-8,11-12H,2,9-10,25H2,1H3. The van der Waals surface area contributed by atoms with E-state index in [1.165, 1.54) is 7.11 Å². The second-order valence-electron chi connectivity index (χ2n) is 6.21. The molecule has 0 aliphatic carbocycles. The number of methoxy groups -OCH3 is 1. The monoisotopic (exact) mass is 436 g/mol. The van der Waals surface area contributed by atoms with Crippen LogP contribution in [0.4, 0.5) is 0 Å². The first-order valence-corrected chi connectivity index (χ1v) is 9.83. The highest BCUT2D eigenvalue weighted by Crippen LogP contribution is 2.40. The first-order valence-electron chi connectivity index (χ1n) is 8.69. The van der Waals surface area contributed by atoms with Gasteiger partial charge in [-0.3, -0.25) is 0 Å². The molecule has 3 rings (SSSR count). The number of rotatable bonds is 6. The first kappa shape index (κ1) is 20.7. The van der Waals surface area contributed by atoms with Crippen molar-refractivity contribution >= 4 is 40.8 Å². The Morgan fingerprint density at radius 3 is 2.29 bits per heavy atom. The van der Waals surface area contributed by atoms with Crippen LogP contribution in [-0.4, -0.2) is 24.2 Å². The van der Waals surface area contributed by atoms with Crippen molar-refractivity contribution in [2.45, 2.75) is 13.0 Å². The van der Waals surface area contributed by atoms with Crippen molar-refractivity contribution < 1.29 is 9.53 Å². The molecule has 2 N–H and O–H groups in total. The maximum Gasteiger partial charge on any atom is 0.354 e. The van der Waals surface area contributed by atoms with Gasteiger partial charge in [-0.05, 0) is 48.9 Å². The SMILES string of the molecule is COC(=O)c1cc(-c2ccc(Cl)cc2Cl)c(-c2ccc(Cl)cc2)n1CCCN. The predicted molar refractivity (Wildman–Crippen MR) is 115 cm³/mol. The van der Waals surface area contributed by atoms with Gasteiger partial charge >= 0.3 is 5.97 Å². The van der Waals surface area contributed by atoms with Gasteiger partial charge in [-0.1, -0.05) is 53.0 Å². The summed E-state index contributed by atoms with van der Waals surface area (Å²) in [6.07, 6.45) is 0.701. The molecule has 0 atom stereocenters. The molecule has 146 valence electrons.